The molecule has 0 atom stereocenters. The van der Waals surface area contributed by atoms with Crippen molar-refractivity contribution in [1.29, 1.82) is 0 Å². The molecule has 2 rings (SSSR count). The van der Waals surface area contributed by atoms with Crippen LogP contribution in [0.15, 0.2) is 0 Å². The number of likely N-dealkylation sites (tertiary alicyclic amines) is 2. The lowest BCUT2D eigenvalue weighted by molar-refractivity contribution is -0.129. The maximum atomic E-state index is 10.9. The number of amides is 2. The first-order valence-electron chi connectivity index (χ1n) is 6.63. The van der Waals surface area contributed by atoms with Gasteiger partial charge in [-0.15, -0.1) is 0 Å². The summed E-state index contributed by atoms with van der Waals surface area (Å²) in [6.45, 7) is 8.97. The minimum atomic E-state index is 0.324. The number of hydrogen-bond acceptors (Lipinski definition) is 2. The van der Waals surface area contributed by atoms with Gasteiger partial charge in [0.15, 0.2) is 0 Å². The summed E-state index contributed by atoms with van der Waals surface area (Å²) in [6.07, 6.45) is 3.65. The zero-order valence-corrected chi connectivity index (χ0v) is 11.2. The fourth-order valence-corrected chi connectivity index (χ4v) is 2.25. The van der Waals surface area contributed by atoms with E-state index in [1.54, 1.807) is 0 Å². The fraction of sp³-hybridized carbons (Fsp3) is 0.846. The number of carbonyl (C=O) groups is 2. The molecule has 0 aromatic heterocycles. The van der Waals surface area contributed by atoms with Crippen molar-refractivity contribution < 1.29 is 9.59 Å². The van der Waals surface area contributed by atoms with Gasteiger partial charge in [0, 0.05) is 38.5 Å². The minimum absolute atomic E-state index is 0.324. The van der Waals surface area contributed by atoms with Gasteiger partial charge in [-0.3, -0.25) is 9.59 Å². The lowest BCUT2D eigenvalue weighted by Gasteiger charge is -2.19. The molecule has 2 aliphatic rings. The standard InChI is InChI=1S/C7H13NO.C6H11NO/c1-6(2)8-5-3-4-7(8)9;1-2-7-5-3-4-6(7)8/h6H,3-5H2,1-2H3;2-5H2,1H3. The molecule has 0 bridgehead atoms. The van der Waals surface area contributed by atoms with E-state index in [1.807, 2.05) is 16.7 Å². The SMILES string of the molecule is CC(C)N1CCCC1=O.CCN1CCCC1=O. The molecule has 0 aromatic carbocycles. The topological polar surface area (TPSA) is 40.6 Å². The number of carbonyl (C=O) groups excluding carboxylic acids is 2. The fourth-order valence-electron chi connectivity index (χ4n) is 2.25. The molecule has 0 radical (unpaired) electrons. The van der Waals surface area contributed by atoms with E-state index in [1.165, 1.54) is 0 Å². The van der Waals surface area contributed by atoms with Crippen LogP contribution < -0.4 is 0 Å². The highest BCUT2D eigenvalue weighted by molar-refractivity contribution is 5.78. The second-order valence-electron chi connectivity index (χ2n) is 4.86. The van der Waals surface area contributed by atoms with Crippen molar-refractivity contribution >= 4 is 11.8 Å². The Kier molecular flexibility index (Phi) is 5.45. The summed E-state index contributed by atoms with van der Waals surface area (Å²) in [5, 5.41) is 0. The zero-order chi connectivity index (χ0) is 12.8. The van der Waals surface area contributed by atoms with Crippen LogP contribution in [0, 0.1) is 0 Å². The first-order chi connectivity index (χ1) is 8.06. The summed E-state index contributed by atoms with van der Waals surface area (Å²) in [5.74, 6) is 0.650. The van der Waals surface area contributed by atoms with Gasteiger partial charge < -0.3 is 9.80 Å². The molecule has 0 spiro atoms. The highest BCUT2D eigenvalue weighted by Crippen LogP contribution is 2.12. The van der Waals surface area contributed by atoms with E-state index in [0.717, 1.165) is 45.3 Å². The van der Waals surface area contributed by atoms with Gasteiger partial charge in [-0.1, -0.05) is 0 Å². The van der Waals surface area contributed by atoms with E-state index in [0.29, 0.717) is 17.9 Å². The lowest BCUT2D eigenvalue weighted by atomic mass is 10.3. The van der Waals surface area contributed by atoms with E-state index in [9.17, 15) is 9.59 Å². The normalized spacial score (nSPS) is 20.0. The van der Waals surface area contributed by atoms with Gasteiger partial charge in [0.2, 0.25) is 11.8 Å². The molecule has 0 unspecified atom stereocenters. The highest BCUT2D eigenvalue weighted by atomic mass is 16.2. The molecule has 0 aromatic rings. The van der Waals surface area contributed by atoms with Crippen molar-refractivity contribution in [2.75, 3.05) is 19.6 Å². The molecule has 2 fully saturated rings. The van der Waals surface area contributed by atoms with E-state index in [-0.39, 0.29) is 0 Å². The largest absolute Gasteiger partial charge is 0.343 e. The molecule has 2 heterocycles. The van der Waals surface area contributed by atoms with Crippen LogP contribution in [0.2, 0.25) is 0 Å². The highest BCUT2D eigenvalue weighted by Gasteiger charge is 2.21. The number of rotatable bonds is 2. The molecule has 0 N–H and O–H groups in total. The van der Waals surface area contributed by atoms with Crippen LogP contribution in [-0.2, 0) is 9.59 Å². The smallest absolute Gasteiger partial charge is 0.222 e. The van der Waals surface area contributed by atoms with Crippen LogP contribution in [-0.4, -0.2) is 47.3 Å². The van der Waals surface area contributed by atoms with Gasteiger partial charge in [-0.05, 0) is 33.6 Å². The third-order valence-electron chi connectivity index (χ3n) is 3.29. The van der Waals surface area contributed by atoms with Gasteiger partial charge in [0.1, 0.15) is 0 Å². The van der Waals surface area contributed by atoms with Gasteiger partial charge >= 0.3 is 0 Å². The quantitative estimate of drug-likeness (QED) is 0.736. The molecule has 2 aliphatic heterocycles. The Hall–Kier alpha value is -1.06. The molecule has 4 nitrogen and oxygen atoms in total. The van der Waals surface area contributed by atoms with Crippen LogP contribution in [0.3, 0.4) is 0 Å². The molecule has 2 amide bonds. The molecule has 2 saturated heterocycles. The van der Waals surface area contributed by atoms with Gasteiger partial charge in [-0.2, -0.15) is 0 Å². The Morgan fingerprint density at radius 3 is 1.88 bits per heavy atom. The maximum absolute atomic E-state index is 10.9. The second-order valence-corrected chi connectivity index (χ2v) is 4.86. The van der Waals surface area contributed by atoms with E-state index in [2.05, 4.69) is 13.8 Å². The van der Waals surface area contributed by atoms with E-state index < -0.39 is 0 Å². The predicted molar refractivity (Wildman–Crippen MR) is 67.6 cm³/mol. The minimum Gasteiger partial charge on any atom is -0.343 e. The zero-order valence-electron chi connectivity index (χ0n) is 11.2. The van der Waals surface area contributed by atoms with Gasteiger partial charge in [-0.25, -0.2) is 0 Å². The average Bonchev–Trinajstić information content (AvgIpc) is 2.87. The van der Waals surface area contributed by atoms with E-state index in [4.69, 9.17) is 0 Å². The van der Waals surface area contributed by atoms with Crippen LogP contribution in [0.5, 0.6) is 0 Å². The van der Waals surface area contributed by atoms with Crippen molar-refractivity contribution in [2.45, 2.75) is 52.5 Å². The first kappa shape index (κ1) is 14.0. The molecular weight excluding hydrogens is 216 g/mol. The van der Waals surface area contributed by atoms with Crippen molar-refractivity contribution in [1.82, 2.24) is 9.80 Å². The van der Waals surface area contributed by atoms with Crippen LogP contribution in [0.25, 0.3) is 0 Å². The molecule has 17 heavy (non-hydrogen) atoms. The second kappa shape index (κ2) is 6.62. The van der Waals surface area contributed by atoms with Crippen LogP contribution in [0.4, 0.5) is 0 Å². The van der Waals surface area contributed by atoms with Crippen molar-refractivity contribution in [3.8, 4) is 0 Å². The number of nitrogens with zero attached hydrogens (tertiary/aromatic N) is 2. The molecular formula is C13H24N2O2. The summed E-state index contributed by atoms with van der Waals surface area (Å²) in [7, 11) is 0. The summed E-state index contributed by atoms with van der Waals surface area (Å²) in [6, 6.07) is 0.403. The third-order valence-corrected chi connectivity index (χ3v) is 3.29. The predicted octanol–water partition coefficient (Wildman–Crippen LogP) is 1.65. The summed E-state index contributed by atoms with van der Waals surface area (Å²) in [4.78, 5) is 25.5. The summed E-state index contributed by atoms with van der Waals surface area (Å²) >= 11 is 0. The Morgan fingerprint density at radius 1 is 1.06 bits per heavy atom. The van der Waals surface area contributed by atoms with Crippen molar-refractivity contribution in [2.24, 2.45) is 0 Å². The monoisotopic (exact) mass is 240 g/mol. The van der Waals surface area contributed by atoms with Crippen LogP contribution >= 0.6 is 0 Å². The molecule has 98 valence electrons. The summed E-state index contributed by atoms with van der Waals surface area (Å²) < 4.78 is 0. The third kappa shape index (κ3) is 4.02. The maximum Gasteiger partial charge on any atom is 0.222 e. The first-order valence-corrected chi connectivity index (χ1v) is 6.63. The van der Waals surface area contributed by atoms with Gasteiger partial charge in [0.25, 0.3) is 0 Å². The Bertz CT molecular complexity index is 277. The Labute approximate surface area is 104 Å². The van der Waals surface area contributed by atoms with Gasteiger partial charge in [0.05, 0.1) is 0 Å². The molecule has 4 heteroatoms. The average molecular weight is 240 g/mol. The Morgan fingerprint density at radius 2 is 1.65 bits per heavy atom. The van der Waals surface area contributed by atoms with Crippen molar-refractivity contribution in [3.63, 3.8) is 0 Å². The number of hydrogen-bond donors (Lipinski definition) is 0. The Balaban J connectivity index is 0.000000171. The summed E-state index contributed by atoms with van der Waals surface area (Å²) in [5.41, 5.74) is 0. The van der Waals surface area contributed by atoms with E-state index >= 15 is 0 Å². The van der Waals surface area contributed by atoms with Crippen LogP contribution in [0.1, 0.15) is 46.5 Å². The van der Waals surface area contributed by atoms with Crippen molar-refractivity contribution in [3.05, 3.63) is 0 Å². The lowest BCUT2D eigenvalue weighted by Crippen LogP contribution is -2.31. The molecule has 0 aliphatic carbocycles. The molecule has 0 saturated carbocycles.